The molecule has 4 heteroatoms. The van der Waals surface area contributed by atoms with Crippen LogP contribution < -0.4 is 5.73 Å². The van der Waals surface area contributed by atoms with E-state index in [0.29, 0.717) is 24.5 Å². The molecule has 114 valence electrons. The first-order chi connectivity index (χ1) is 10.2. The van der Waals surface area contributed by atoms with Crippen molar-refractivity contribution in [1.29, 1.82) is 0 Å². The monoisotopic (exact) mass is 288 g/mol. The molecule has 1 aromatic rings. The van der Waals surface area contributed by atoms with Gasteiger partial charge in [0, 0.05) is 24.7 Å². The highest BCUT2D eigenvalue weighted by Crippen LogP contribution is 2.36. The highest BCUT2D eigenvalue weighted by molar-refractivity contribution is 5.72. The maximum absolute atomic E-state index is 11.6. The second-order valence-corrected chi connectivity index (χ2v) is 6.31. The first-order valence-electron chi connectivity index (χ1n) is 7.82. The minimum atomic E-state index is -0.175. The van der Waals surface area contributed by atoms with Gasteiger partial charge in [-0.05, 0) is 36.8 Å². The van der Waals surface area contributed by atoms with Crippen molar-refractivity contribution in [2.45, 2.75) is 56.8 Å². The van der Waals surface area contributed by atoms with Crippen LogP contribution in [0.5, 0.6) is 0 Å². The Bertz CT molecular complexity index is 503. The van der Waals surface area contributed by atoms with Crippen LogP contribution in [0.3, 0.4) is 0 Å². The van der Waals surface area contributed by atoms with E-state index in [0.717, 1.165) is 24.9 Å². The van der Waals surface area contributed by atoms with Gasteiger partial charge in [0.25, 0.3) is 0 Å². The van der Waals surface area contributed by atoms with Gasteiger partial charge in [-0.2, -0.15) is 0 Å². The molecule has 1 aromatic carbocycles. The van der Waals surface area contributed by atoms with Crippen LogP contribution >= 0.6 is 0 Å². The number of carbonyl (C=O) groups is 1. The second-order valence-electron chi connectivity index (χ2n) is 6.31. The number of hydrogen-bond donors (Lipinski definition) is 1. The third kappa shape index (κ3) is 3.11. The lowest BCUT2D eigenvalue weighted by Gasteiger charge is -2.38. The lowest BCUT2D eigenvalue weighted by molar-refractivity contribution is -0.139. The summed E-state index contributed by atoms with van der Waals surface area (Å²) in [7, 11) is 1.44. The van der Waals surface area contributed by atoms with Crippen molar-refractivity contribution >= 4 is 5.97 Å². The summed E-state index contributed by atoms with van der Waals surface area (Å²) in [6.07, 6.45) is 5.09. The Morgan fingerprint density at radius 2 is 1.86 bits per heavy atom. The quantitative estimate of drug-likeness (QED) is 0.859. The van der Waals surface area contributed by atoms with Crippen molar-refractivity contribution in [1.82, 2.24) is 4.90 Å². The summed E-state index contributed by atoms with van der Waals surface area (Å²) in [4.78, 5) is 14.2. The molecule has 3 rings (SSSR count). The van der Waals surface area contributed by atoms with Gasteiger partial charge in [0.15, 0.2) is 0 Å². The molecule has 2 aliphatic rings. The Morgan fingerprint density at radius 3 is 2.48 bits per heavy atom. The minimum Gasteiger partial charge on any atom is -0.469 e. The van der Waals surface area contributed by atoms with E-state index in [2.05, 4.69) is 11.0 Å². The number of nitrogens with two attached hydrogens (primary N) is 1. The molecule has 0 saturated carbocycles. The van der Waals surface area contributed by atoms with Crippen molar-refractivity contribution in [3.8, 4) is 0 Å². The van der Waals surface area contributed by atoms with E-state index in [-0.39, 0.29) is 5.97 Å². The highest BCUT2D eigenvalue weighted by atomic mass is 16.5. The number of benzene rings is 1. The molecule has 2 bridgehead atoms. The van der Waals surface area contributed by atoms with E-state index >= 15 is 0 Å². The predicted octanol–water partition coefficient (Wildman–Crippen LogP) is 1.86. The van der Waals surface area contributed by atoms with Crippen LogP contribution in [0.2, 0.25) is 0 Å². The zero-order chi connectivity index (χ0) is 14.8. The van der Waals surface area contributed by atoms with E-state index in [1.54, 1.807) is 0 Å². The van der Waals surface area contributed by atoms with E-state index in [1.165, 1.54) is 25.5 Å². The average molecular weight is 288 g/mol. The van der Waals surface area contributed by atoms with Crippen LogP contribution in [-0.4, -0.2) is 36.1 Å². The Balaban J connectivity index is 1.75. The van der Waals surface area contributed by atoms with E-state index < -0.39 is 0 Å². The molecule has 2 aliphatic heterocycles. The zero-order valence-electron chi connectivity index (χ0n) is 12.6. The number of hydrogen-bond acceptors (Lipinski definition) is 4. The van der Waals surface area contributed by atoms with Crippen molar-refractivity contribution in [3.05, 3.63) is 35.4 Å². The van der Waals surface area contributed by atoms with Crippen molar-refractivity contribution in [3.63, 3.8) is 0 Å². The SMILES string of the molecule is COC(=O)Cc1ccccc1CN1C2CCC1CC(N)C2. The highest BCUT2D eigenvalue weighted by Gasteiger charge is 2.39. The molecule has 2 fully saturated rings. The molecule has 0 spiro atoms. The Labute approximate surface area is 126 Å². The summed E-state index contributed by atoms with van der Waals surface area (Å²) in [5.74, 6) is -0.175. The molecular weight excluding hydrogens is 264 g/mol. The molecule has 2 saturated heterocycles. The van der Waals surface area contributed by atoms with Crippen LogP contribution in [0.1, 0.15) is 36.8 Å². The van der Waals surface area contributed by atoms with Gasteiger partial charge in [0.2, 0.25) is 0 Å². The lowest BCUT2D eigenvalue weighted by Crippen LogP contribution is -2.46. The Hall–Kier alpha value is -1.39. The molecule has 0 radical (unpaired) electrons. The predicted molar refractivity (Wildman–Crippen MR) is 81.7 cm³/mol. The minimum absolute atomic E-state index is 0.175. The third-order valence-electron chi connectivity index (χ3n) is 4.95. The van der Waals surface area contributed by atoms with Crippen molar-refractivity contribution in [2.75, 3.05) is 7.11 Å². The van der Waals surface area contributed by atoms with E-state index in [1.807, 2.05) is 18.2 Å². The Morgan fingerprint density at radius 1 is 1.24 bits per heavy atom. The number of nitrogens with zero attached hydrogens (tertiary/aromatic N) is 1. The fraction of sp³-hybridized carbons (Fsp3) is 0.588. The molecule has 0 aromatic heterocycles. The van der Waals surface area contributed by atoms with Crippen LogP contribution in [-0.2, 0) is 22.5 Å². The standard InChI is InChI=1S/C17H24N2O2/c1-21-17(20)8-12-4-2-3-5-13(12)11-19-15-6-7-16(19)10-14(18)9-15/h2-5,14-16H,6-11,18H2,1H3. The molecule has 2 heterocycles. The molecule has 2 unspecified atom stereocenters. The third-order valence-corrected chi connectivity index (χ3v) is 4.95. The number of carbonyl (C=O) groups excluding carboxylic acids is 1. The Kier molecular flexibility index (Phi) is 4.27. The fourth-order valence-corrected chi connectivity index (χ4v) is 3.88. The molecule has 2 N–H and O–H groups in total. The van der Waals surface area contributed by atoms with Gasteiger partial charge in [0.05, 0.1) is 13.5 Å². The van der Waals surface area contributed by atoms with Gasteiger partial charge in [-0.1, -0.05) is 24.3 Å². The summed E-state index contributed by atoms with van der Waals surface area (Å²) in [5, 5.41) is 0. The van der Waals surface area contributed by atoms with Gasteiger partial charge in [-0.15, -0.1) is 0 Å². The maximum Gasteiger partial charge on any atom is 0.309 e. The van der Waals surface area contributed by atoms with Crippen LogP contribution in [0.15, 0.2) is 24.3 Å². The van der Waals surface area contributed by atoms with Crippen LogP contribution in [0, 0.1) is 0 Å². The molecule has 2 atom stereocenters. The smallest absolute Gasteiger partial charge is 0.309 e. The van der Waals surface area contributed by atoms with Gasteiger partial charge in [-0.25, -0.2) is 0 Å². The van der Waals surface area contributed by atoms with Crippen molar-refractivity contribution < 1.29 is 9.53 Å². The van der Waals surface area contributed by atoms with Crippen molar-refractivity contribution in [2.24, 2.45) is 5.73 Å². The number of piperidine rings is 1. The molecular formula is C17H24N2O2. The summed E-state index contributed by atoms with van der Waals surface area (Å²) >= 11 is 0. The van der Waals surface area contributed by atoms with Gasteiger partial charge in [0.1, 0.15) is 0 Å². The van der Waals surface area contributed by atoms with E-state index in [9.17, 15) is 4.79 Å². The first kappa shape index (κ1) is 14.5. The van der Waals surface area contributed by atoms with Gasteiger partial charge in [-0.3, -0.25) is 9.69 Å². The topological polar surface area (TPSA) is 55.6 Å². The number of fused-ring (bicyclic) bond motifs is 2. The molecule has 4 nitrogen and oxygen atoms in total. The largest absolute Gasteiger partial charge is 0.469 e. The second kappa shape index (κ2) is 6.16. The van der Waals surface area contributed by atoms with Crippen LogP contribution in [0.25, 0.3) is 0 Å². The molecule has 0 aliphatic carbocycles. The molecule has 0 amide bonds. The summed E-state index contributed by atoms with van der Waals surface area (Å²) in [5.41, 5.74) is 8.46. The number of esters is 1. The first-order valence-corrected chi connectivity index (χ1v) is 7.82. The number of ether oxygens (including phenoxy) is 1. The lowest BCUT2D eigenvalue weighted by atomic mass is 9.96. The summed E-state index contributed by atoms with van der Waals surface area (Å²) in [6, 6.07) is 9.80. The summed E-state index contributed by atoms with van der Waals surface area (Å²) < 4.78 is 4.80. The number of rotatable bonds is 4. The number of methoxy groups -OCH3 is 1. The van der Waals surface area contributed by atoms with E-state index in [4.69, 9.17) is 10.5 Å². The fourth-order valence-electron chi connectivity index (χ4n) is 3.88. The average Bonchev–Trinajstić information content (AvgIpc) is 2.71. The summed E-state index contributed by atoms with van der Waals surface area (Å²) in [6.45, 7) is 0.926. The maximum atomic E-state index is 11.6. The van der Waals surface area contributed by atoms with Gasteiger partial charge < -0.3 is 10.5 Å². The van der Waals surface area contributed by atoms with Gasteiger partial charge >= 0.3 is 5.97 Å². The zero-order valence-corrected chi connectivity index (χ0v) is 12.6. The normalized spacial score (nSPS) is 28.6. The van der Waals surface area contributed by atoms with Crippen LogP contribution in [0.4, 0.5) is 0 Å². The molecule has 21 heavy (non-hydrogen) atoms.